The third kappa shape index (κ3) is 5.95. The fraction of sp³-hybridized carbons (Fsp3) is 0.773. The van der Waals surface area contributed by atoms with Gasteiger partial charge in [0.25, 0.3) is 0 Å². The van der Waals surface area contributed by atoms with E-state index >= 15 is 0 Å². The number of amides is 1. The lowest BCUT2D eigenvalue weighted by atomic mass is 9.90. The van der Waals surface area contributed by atoms with Crippen molar-refractivity contribution < 1.29 is 15.0 Å². The number of hydrogen-bond donors (Lipinski definition) is 2. The zero-order chi connectivity index (χ0) is 19.1. The smallest absolute Gasteiger partial charge is 0.222 e. The van der Waals surface area contributed by atoms with Gasteiger partial charge >= 0.3 is 0 Å². The molecule has 2 aliphatic rings. The molecule has 0 aromatic carbocycles. The van der Waals surface area contributed by atoms with Crippen LogP contribution in [0.15, 0.2) is 23.8 Å². The molecule has 1 amide bonds. The van der Waals surface area contributed by atoms with Gasteiger partial charge < -0.3 is 15.1 Å². The molecule has 2 N–H and O–H groups in total. The Balaban J connectivity index is 1.84. The summed E-state index contributed by atoms with van der Waals surface area (Å²) in [6.45, 7) is 2.17. The molecule has 2 fully saturated rings. The van der Waals surface area contributed by atoms with Gasteiger partial charge in [-0.15, -0.1) is 0 Å². The van der Waals surface area contributed by atoms with Crippen LogP contribution >= 0.6 is 0 Å². The highest BCUT2D eigenvalue weighted by Crippen LogP contribution is 2.50. The lowest BCUT2D eigenvalue weighted by Crippen LogP contribution is -2.20. The van der Waals surface area contributed by atoms with Crippen LogP contribution in [0.2, 0.25) is 0 Å². The van der Waals surface area contributed by atoms with Gasteiger partial charge in [-0.2, -0.15) is 0 Å². The van der Waals surface area contributed by atoms with E-state index in [0.717, 1.165) is 51.4 Å². The summed E-state index contributed by atoms with van der Waals surface area (Å²) in [5.74, 6) is 1.37. The number of carbonyl (C=O) groups is 1. The molecule has 0 saturated heterocycles. The van der Waals surface area contributed by atoms with E-state index in [1.54, 1.807) is 19.0 Å². The van der Waals surface area contributed by atoms with E-state index in [4.69, 9.17) is 0 Å². The first-order valence-electron chi connectivity index (χ1n) is 10.3. The maximum absolute atomic E-state index is 11.7. The third-order valence-electron chi connectivity index (χ3n) is 6.06. The molecule has 4 nitrogen and oxygen atoms in total. The van der Waals surface area contributed by atoms with Crippen molar-refractivity contribution in [3.05, 3.63) is 23.8 Å². The summed E-state index contributed by atoms with van der Waals surface area (Å²) < 4.78 is 0. The molecule has 0 spiro atoms. The minimum absolute atomic E-state index is 0.162. The largest absolute Gasteiger partial charge is 0.392 e. The normalized spacial score (nSPS) is 30.9. The van der Waals surface area contributed by atoms with Crippen LogP contribution in [-0.4, -0.2) is 47.3 Å². The number of allylic oxidation sites excluding steroid dienone is 2. The predicted octanol–water partition coefficient (Wildman–Crippen LogP) is 3.69. The maximum Gasteiger partial charge on any atom is 0.222 e. The minimum Gasteiger partial charge on any atom is -0.392 e. The summed E-state index contributed by atoms with van der Waals surface area (Å²) in [6, 6.07) is 0. The minimum atomic E-state index is -0.388. The Labute approximate surface area is 159 Å². The summed E-state index contributed by atoms with van der Waals surface area (Å²) >= 11 is 0. The zero-order valence-corrected chi connectivity index (χ0v) is 16.7. The number of carbonyl (C=O) groups excluding carboxylic acids is 1. The number of aliphatic hydroxyl groups is 2. The van der Waals surface area contributed by atoms with E-state index < -0.39 is 0 Å². The molecule has 0 aromatic heterocycles. The molecule has 0 unspecified atom stereocenters. The van der Waals surface area contributed by atoms with E-state index in [0.29, 0.717) is 18.3 Å². The molecular weight excluding hydrogens is 326 g/mol. The number of unbranched alkanes of at least 4 members (excludes halogenated alkanes) is 2. The summed E-state index contributed by atoms with van der Waals surface area (Å²) in [7, 11) is 3.59. The van der Waals surface area contributed by atoms with E-state index in [9.17, 15) is 15.0 Å². The Morgan fingerprint density at radius 3 is 2.77 bits per heavy atom. The molecule has 0 bridgehead atoms. The molecule has 0 aromatic rings. The molecule has 26 heavy (non-hydrogen) atoms. The van der Waals surface area contributed by atoms with Gasteiger partial charge in [-0.05, 0) is 43.9 Å². The Morgan fingerprint density at radius 1 is 1.31 bits per heavy atom. The van der Waals surface area contributed by atoms with Crippen LogP contribution in [-0.2, 0) is 4.79 Å². The molecule has 0 radical (unpaired) electrons. The van der Waals surface area contributed by atoms with Crippen molar-refractivity contribution in [2.45, 2.75) is 76.9 Å². The molecule has 148 valence electrons. The number of fused-ring (bicyclic) bond motifs is 1. The van der Waals surface area contributed by atoms with Crippen molar-refractivity contribution >= 4 is 5.91 Å². The topological polar surface area (TPSA) is 60.8 Å². The van der Waals surface area contributed by atoms with Crippen LogP contribution in [0.4, 0.5) is 0 Å². The molecule has 0 aliphatic heterocycles. The van der Waals surface area contributed by atoms with Crippen molar-refractivity contribution in [2.24, 2.45) is 17.8 Å². The van der Waals surface area contributed by atoms with Crippen LogP contribution in [0.3, 0.4) is 0 Å². The molecule has 4 heteroatoms. The number of aliphatic hydroxyl groups excluding tert-OH is 2. The standard InChI is InChI=1S/C22H37NO3/c1-4-5-6-9-18(24)11-12-19-20-14-16(13-17(20)15-21(19)25)8-7-10-22(26)23(2)3/h8,11-12,17-21,24-25H,4-7,9-10,13-15H2,1-3H3/t17-,18-,19+,20-,21+/m0/s1. The van der Waals surface area contributed by atoms with E-state index in [1.807, 2.05) is 6.08 Å². The zero-order valence-electron chi connectivity index (χ0n) is 16.7. The average molecular weight is 364 g/mol. The van der Waals surface area contributed by atoms with Gasteiger partial charge in [0, 0.05) is 26.4 Å². The fourth-order valence-electron chi connectivity index (χ4n) is 4.52. The maximum atomic E-state index is 11.7. The highest BCUT2D eigenvalue weighted by Gasteiger charge is 2.44. The second-order valence-electron chi connectivity index (χ2n) is 8.35. The number of hydrogen-bond acceptors (Lipinski definition) is 3. The second kappa shape index (κ2) is 10.3. The van der Waals surface area contributed by atoms with Gasteiger partial charge in [0.2, 0.25) is 5.91 Å². The Hall–Kier alpha value is -1.13. The van der Waals surface area contributed by atoms with Gasteiger partial charge in [0.05, 0.1) is 12.2 Å². The second-order valence-corrected chi connectivity index (χ2v) is 8.35. The SMILES string of the molecule is CCCCC[C@H](O)C=C[C@@H]1[C@H]2CC(=CCCC(=O)N(C)C)C[C@H]2C[C@H]1O. The Kier molecular flexibility index (Phi) is 8.36. The quantitative estimate of drug-likeness (QED) is 0.485. The van der Waals surface area contributed by atoms with Crippen LogP contribution in [0.25, 0.3) is 0 Å². The first-order valence-corrected chi connectivity index (χ1v) is 10.3. The van der Waals surface area contributed by atoms with Crippen molar-refractivity contribution in [3.8, 4) is 0 Å². The summed E-state index contributed by atoms with van der Waals surface area (Å²) in [4.78, 5) is 13.3. The molecule has 2 rings (SSSR count). The first-order chi connectivity index (χ1) is 12.4. The average Bonchev–Trinajstić information content (AvgIpc) is 3.09. The Bertz CT molecular complexity index is 512. The van der Waals surface area contributed by atoms with E-state index in [-0.39, 0.29) is 24.0 Å². The van der Waals surface area contributed by atoms with E-state index in [2.05, 4.69) is 19.1 Å². The van der Waals surface area contributed by atoms with Gasteiger partial charge in [-0.1, -0.05) is 50.0 Å². The van der Waals surface area contributed by atoms with Crippen LogP contribution < -0.4 is 0 Å². The molecule has 5 atom stereocenters. The molecular formula is C22H37NO3. The molecule has 0 heterocycles. The van der Waals surface area contributed by atoms with Crippen LogP contribution in [0.1, 0.15) is 64.7 Å². The van der Waals surface area contributed by atoms with Crippen molar-refractivity contribution in [3.63, 3.8) is 0 Å². The van der Waals surface area contributed by atoms with Gasteiger partial charge in [-0.3, -0.25) is 4.79 Å². The fourth-order valence-corrected chi connectivity index (χ4v) is 4.52. The summed E-state index contributed by atoms with van der Waals surface area (Å²) in [6.07, 6.45) is 14.1. The van der Waals surface area contributed by atoms with E-state index in [1.165, 1.54) is 5.57 Å². The summed E-state index contributed by atoms with van der Waals surface area (Å²) in [5, 5.41) is 20.5. The van der Waals surface area contributed by atoms with Crippen LogP contribution in [0, 0.1) is 17.8 Å². The predicted molar refractivity (Wildman–Crippen MR) is 106 cm³/mol. The Morgan fingerprint density at radius 2 is 2.08 bits per heavy atom. The number of nitrogens with zero attached hydrogens (tertiary/aromatic N) is 1. The monoisotopic (exact) mass is 363 g/mol. The van der Waals surface area contributed by atoms with Crippen LogP contribution in [0.5, 0.6) is 0 Å². The van der Waals surface area contributed by atoms with Crippen molar-refractivity contribution in [1.29, 1.82) is 0 Å². The third-order valence-corrected chi connectivity index (χ3v) is 6.06. The first kappa shape index (κ1) is 21.2. The molecule has 2 aliphatic carbocycles. The van der Waals surface area contributed by atoms with Gasteiger partial charge in [-0.25, -0.2) is 0 Å². The summed E-state index contributed by atoms with van der Waals surface area (Å²) in [5.41, 5.74) is 1.44. The number of rotatable bonds is 9. The highest BCUT2D eigenvalue weighted by atomic mass is 16.3. The van der Waals surface area contributed by atoms with Crippen molar-refractivity contribution in [1.82, 2.24) is 4.90 Å². The lowest BCUT2D eigenvalue weighted by molar-refractivity contribution is -0.128. The van der Waals surface area contributed by atoms with Gasteiger partial charge in [0.1, 0.15) is 0 Å². The lowest BCUT2D eigenvalue weighted by Gasteiger charge is -2.17. The highest BCUT2D eigenvalue weighted by molar-refractivity contribution is 5.75. The van der Waals surface area contributed by atoms with Gasteiger partial charge in [0.15, 0.2) is 0 Å². The van der Waals surface area contributed by atoms with Crippen molar-refractivity contribution in [2.75, 3.05) is 14.1 Å². The molecule has 2 saturated carbocycles.